The van der Waals surface area contributed by atoms with E-state index in [0.29, 0.717) is 30.0 Å². The number of benzene rings is 4. The highest BCUT2D eigenvalue weighted by atomic mass is 16.5. The van der Waals surface area contributed by atoms with Crippen LogP contribution in [-0.2, 0) is 4.79 Å². The van der Waals surface area contributed by atoms with Gasteiger partial charge < -0.3 is 15.0 Å². The third-order valence-electron chi connectivity index (χ3n) is 5.98. The molecule has 0 radical (unpaired) electrons. The molecule has 35 heavy (non-hydrogen) atoms. The maximum Gasteiger partial charge on any atom is 0.265 e. The number of amides is 2. The van der Waals surface area contributed by atoms with Crippen LogP contribution >= 0.6 is 0 Å². The molecular formula is C30H30N2O3. The molecule has 0 spiro atoms. The lowest BCUT2D eigenvalue weighted by atomic mass is 10.1. The van der Waals surface area contributed by atoms with Gasteiger partial charge in [-0.3, -0.25) is 9.59 Å². The van der Waals surface area contributed by atoms with E-state index in [2.05, 4.69) is 5.32 Å². The lowest BCUT2D eigenvalue weighted by molar-refractivity contribution is -0.122. The van der Waals surface area contributed by atoms with E-state index < -0.39 is 6.10 Å². The summed E-state index contributed by atoms with van der Waals surface area (Å²) in [6.07, 6.45) is -0.0757. The van der Waals surface area contributed by atoms with E-state index in [1.165, 1.54) is 0 Å². The summed E-state index contributed by atoms with van der Waals surface area (Å²) in [5.74, 6) is 0.348. The standard InChI is InChI=1S/C30H30N2O3/c1-4-28(35-25-19-13-21(3)14-20-25)29(33)31-24-17-15-23(16-18-24)30(34)32(5-2)27-12-8-10-22-9-6-7-11-26(22)27/h6-20,28H,4-5H2,1-3H3,(H,31,33). The molecule has 178 valence electrons. The Kier molecular flexibility index (Phi) is 7.46. The topological polar surface area (TPSA) is 58.6 Å². The van der Waals surface area contributed by atoms with Gasteiger partial charge >= 0.3 is 0 Å². The van der Waals surface area contributed by atoms with E-state index in [1.54, 1.807) is 29.2 Å². The fourth-order valence-corrected chi connectivity index (χ4v) is 4.05. The Bertz CT molecular complexity index is 1310. The van der Waals surface area contributed by atoms with Crippen molar-refractivity contribution in [2.45, 2.75) is 33.3 Å². The van der Waals surface area contributed by atoms with Gasteiger partial charge in [0.05, 0.1) is 5.69 Å². The van der Waals surface area contributed by atoms with Gasteiger partial charge in [0.25, 0.3) is 11.8 Å². The van der Waals surface area contributed by atoms with Gasteiger partial charge in [-0.25, -0.2) is 0 Å². The smallest absolute Gasteiger partial charge is 0.265 e. The second-order valence-electron chi connectivity index (χ2n) is 8.44. The molecule has 4 aromatic carbocycles. The molecule has 2 amide bonds. The third-order valence-corrected chi connectivity index (χ3v) is 5.98. The van der Waals surface area contributed by atoms with Crippen molar-refractivity contribution in [1.29, 1.82) is 0 Å². The SMILES string of the molecule is CCC(Oc1ccc(C)cc1)C(=O)Nc1ccc(C(=O)N(CC)c2cccc3ccccc23)cc1. The van der Waals surface area contributed by atoms with Crippen LogP contribution in [0.2, 0.25) is 0 Å². The molecule has 0 heterocycles. The number of carbonyl (C=O) groups excluding carboxylic acids is 2. The molecule has 0 saturated carbocycles. The first-order chi connectivity index (χ1) is 17.0. The molecule has 0 aliphatic heterocycles. The Morgan fingerprint density at radius 1 is 0.857 bits per heavy atom. The zero-order valence-corrected chi connectivity index (χ0v) is 20.3. The molecule has 5 heteroatoms. The monoisotopic (exact) mass is 466 g/mol. The zero-order valence-electron chi connectivity index (χ0n) is 20.3. The maximum absolute atomic E-state index is 13.4. The Labute approximate surface area is 206 Å². The van der Waals surface area contributed by atoms with Gasteiger partial charge in [-0.05, 0) is 68.1 Å². The average Bonchev–Trinajstić information content (AvgIpc) is 2.89. The molecule has 1 N–H and O–H groups in total. The Hall–Kier alpha value is -4.12. The minimum atomic E-state index is -0.610. The number of hydrogen-bond acceptors (Lipinski definition) is 3. The zero-order chi connectivity index (χ0) is 24.8. The molecule has 0 aromatic heterocycles. The fraction of sp³-hybridized carbons (Fsp3) is 0.200. The van der Waals surface area contributed by atoms with Crippen LogP contribution in [0.25, 0.3) is 10.8 Å². The molecule has 0 bridgehead atoms. The number of ether oxygens (including phenoxy) is 1. The summed E-state index contributed by atoms with van der Waals surface area (Å²) in [7, 11) is 0. The quantitative estimate of drug-likeness (QED) is 0.318. The van der Waals surface area contributed by atoms with Gasteiger partial charge in [-0.2, -0.15) is 0 Å². The molecule has 0 aliphatic carbocycles. The molecule has 5 nitrogen and oxygen atoms in total. The van der Waals surface area contributed by atoms with E-state index in [-0.39, 0.29) is 11.8 Å². The maximum atomic E-state index is 13.4. The second kappa shape index (κ2) is 10.9. The highest BCUT2D eigenvalue weighted by Crippen LogP contribution is 2.28. The van der Waals surface area contributed by atoms with Gasteiger partial charge in [0.1, 0.15) is 5.75 Å². The van der Waals surface area contributed by atoms with Gasteiger partial charge in [-0.15, -0.1) is 0 Å². The second-order valence-corrected chi connectivity index (χ2v) is 8.44. The van der Waals surface area contributed by atoms with Crippen LogP contribution in [0, 0.1) is 6.92 Å². The molecule has 1 atom stereocenters. The summed E-state index contributed by atoms with van der Waals surface area (Å²) in [5.41, 5.74) is 3.19. The Balaban J connectivity index is 1.47. The molecule has 4 rings (SSSR count). The molecule has 0 fully saturated rings. The Morgan fingerprint density at radius 3 is 2.23 bits per heavy atom. The van der Waals surface area contributed by atoms with Gasteiger partial charge in [0, 0.05) is 23.2 Å². The van der Waals surface area contributed by atoms with Crippen molar-refractivity contribution in [3.8, 4) is 5.75 Å². The third kappa shape index (κ3) is 5.52. The lowest BCUT2D eigenvalue weighted by Gasteiger charge is -2.23. The number of anilines is 2. The van der Waals surface area contributed by atoms with Crippen LogP contribution in [0.4, 0.5) is 11.4 Å². The fourth-order valence-electron chi connectivity index (χ4n) is 4.05. The van der Waals surface area contributed by atoms with Crippen molar-refractivity contribution in [3.63, 3.8) is 0 Å². The largest absolute Gasteiger partial charge is 0.481 e. The van der Waals surface area contributed by atoms with Crippen molar-refractivity contribution in [2.24, 2.45) is 0 Å². The number of nitrogens with one attached hydrogen (secondary N) is 1. The predicted molar refractivity (Wildman–Crippen MR) is 142 cm³/mol. The molecule has 1 unspecified atom stereocenters. The van der Waals surface area contributed by atoms with E-state index in [9.17, 15) is 9.59 Å². The molecule has 0 aliphatic rings. The average molecular weight is 467 g/mol. The Morgan fingerprint density at radius 2 is 1.54 bits per heavy atom. The summed E-state index contributed by atoms with van der Waals surface area (Å²) in [4.78, 5) is 27.9. The first kappa shape index (κ1) is 24.0. The van der Waals surface area contributed by atoms with Crippen molar-refractivity contribution in [3.05, 3.63) is 102 Å². The van der Waals surface area contributed by atoms with Gasteiger partial charge in [0.2, 0.25) is 0 Å². The predicted octanol–water partition coefficient (Wildman–Crippen LogP) is 6.61. The number of rotatable bonds is 8. The van der Waals surface area contributed by atoms with Crippen LogP contribution in [0.1, 0.15) is 36.2 Å². The number of carbonyl (C=O) groups is 2. The van der Waals surface area contributed by atoms with E-state index in [4.69, 9.17) is 4.74 Å². The normalized spacial score (nSPS) is 11.6. The van der Waals surface area contributed by atoms with E-state index in [1.807, 2.05) is 87.5 Å². The van der Waals surface area contributed by atoms with Crippen molar-refractivity contribution in [1.82, 2.24) is 0 Å². The van der Waals surface area contributed by atoms with Crippen LogP contribution in [-0.4, -0.2) is 24.5 Å². The van der Waals surface area contributed by atoms with Crippen LogP contribution in [0.5, 0.6) is 5.75 Å². The van der Waals surface area contributed by atoms with Crippen LogP contribution < -0.4 is 15.0 Å². The number of hydrogen-bond donors (Lipinski definition) is 1. The number of nitrogens with zero attached hydrogens (tertiary/aromatic N) is 1. The molecule has 0 saturated heterocycles. The summed E-state index contributed by atoms with van der Waals surface area (Å²) < 4.78 is 5.87. The number of fused-ring (bicyclic) bond motifs is 1. The van der Waals surface area contributed by atoms with Crippen molar-refractivity contribution < 1.29 is 14.3 Å². The minimum Gasteiger partial charge on any atom is -0.481 e. The lowest BCUT2D eigenvalue weighted by Crippen LogP contribution is -2.32. The van der Waals surface area contributed by atoms with Gasteiger partial charge in [0.15, 0.2) is 6.10 Å². The summed E-state index contributed by atoms with van der Waals surface area (Å²) in [5, 5.41) is 5.03. The van der Waals surface area contributed by atoms with Crippen LogP contribution in [0.3, 0.4) is 0 Å². The highest BCUT2D eigenvalue weighted by Gasteiger charge is 2.20. The molecule has 4 aromatic rings. The van der Waals surface area contributed by atoms with Crippen molar-refractivity contribution >= 4 is 34.0 Å². The summed E-state index contributed by atoms with van der Waals surface area (Å²) in [6, 6.07) is 28.6. The van der Waals surface area contributed by atoms with Gasteiger partial charge in [-0.1, -0.05) is 61.0 Å². The summed E-state index contributed by atoms with van der Waals surface area (Å²) in [6.45, 7) is 6.42. The van der Waals surface area contributed by atoms with Crippen LogP contribution in [0.15, 0.2) is 91.0 Å². The summed E-state index contributed by atoms with van der Waals surface area (Å²) >= 11 is 0. The first-order valence-corrected chi connectivity index (χ1v) is 11.9. The van der Waals surface area contributed by atoms with E-state index >= 15 is 0 Å². The van der Waals surface area contributed by atoms with E-state index in [0.717, 1.165) is 22.0 Å². The number of aryl methyl sites for hydroxylation is 1. The minimum absolute atomic E-state index is 0.0872. The van der Waals surface area contributed by atoms with Crippen molar-refractivity contribution in [2.75, 3.05) is 16.8 Å². The first-order valence-electron chi connectivity index (χ1n) is 11.9. The molecular weight excluding hydrogens is 436 g/mol. The highest BCUT2D eigenvalue weighted by molar-refractivity contribution is 6.11.